The standard InChI is InChI=1S/C12H15N3O4/c1-3-12(2,11(13)19)15-9(16)8-5-4-7(6-14-8)10(17)18/h4-6H,3H2,1-2H3,(H2,13,19)(H,15,16)(H,17,18). The van der Waals surface area contributed by atoms with Gasteiger partial charge >= 0.3 is 5.97 Å². The Balaban J connectivity index is 2.89. The van der Waals surface area contributed by atoms with Gasteiger partial charge in [-0.05, 0) is 25.5 Å². The van der Waals surface area contributed by atoms with Gasteiger partial charge in [0.1, 0.15) is 11.2 Å². The molecule has 2 amide bonds. The number of nitrogens with two attached hydrogens (primary N) is 1. The number of hydrogen-bond donors (Lipinski definition) is 3. The topological polar surface area (TPSA) is 122 Å². The van der Waals surface area contributed by atoms with Crippen LogP contribution in [0.5, 0.6) is 0 Å². The number of aromatic nitrogens is 1. The predicted octanol–water partition coefficient (Wildman–Crippen LogP) is 0.164. The number of carbonyl (C=O) groups is 3. The van der Waals surface area contributed by atoms with E-state index in [0.29, 0.717) is 6.42 Å². The lowest BCUT2D eigenvalue weighted by molar-refractivity contribution is -0.123. The highest BCUT2D eigenvalue weighted by atomic mass is 16.4. The molecule has 0 radical (unpaired) electrons. The zero-order chi connectivity index (χ0) is 14.6. The van der Waals surface area contributed by atoms with Crippen LogP contribution in [0.2, 0.25) is 0 Å². The normalized spacial score (nSPS) is 13.4. The van der Waals surface area contributed by atoms with Crippen molar-refractivity contribution in [2.24, 2.45) is 5.73 Å². The van der Waals surface area contributed by atoms with E-state index in [9.17, 15) is 14.4 Å². The minimum Gasteiger partial charge on any atom is -0.478 e. The summed E-state index contributed by atoms with van der Waals surface area (Å²) in [6.07, 6.45) is 1.41. The first kappa shape index (κ1) is 14.6. The molecule has 102 valence electrons. The number of carbonyl (C=O) groups excluding carboxylic acids is 2. The minimum atomic E-state index is -1.16. The van der Waals surface area contributed by atoms with Gasteiger partial charge in [-0.3, -0.25) is 14.6 Å². The van der Waals surface area contributed by atoms with Crippen molar-refractivity contribution in [3.63, 3.8) is 0 Å². The van der Waals surface area contributed by atoms with Crippen LogP contribution in [0, 0.1) is 0 Å². The van der Waals surface area contributed by atoms with Gasteiger partial charge in [0, 0.05) is 6.20 Å². The molecule has 0 saturated heterocycles. The number of pyridine rings is 1. The molecule has 0 spiro atoms. The second kappa shape index (κ2) is 5.47. The summed E-state index contributed by atoms with van der Waals surface area (Å²) in [4.78, 5) is 37.5. The predicted molar refractivity (Wildman–Crippen MR) is 66.6 cm³/mol. The summed E-state index contributed by atoms with van der Waals surface area (Å²) in [6, 6.07) is 2.54. The zero-order valence-electron chi connectivity index (χ0n) is 10.6. The average Bonchev–Trinajstić information content (AvgIpc) is 2.38. The molecule has 1 heterocycles. The second-order valence-electron chi connectivity index (χ2n) is 4.24. The van der Waals surface area contributed by atoms with E-state index in [1.165, 1.54) is 19.1 Å². The van der Waals surface area contributed by atoms with Crippen molar-refractivity contribution in [1.82, 2.24) is 10.3 Å². The van der Waals surface area contributed by atoms with Crippen LogP contribution in [0.3, 0.4) is 0 Å². The zero-order valence-corrected chi connectivity index (χ0v) is 10.6. The van der Waals surface area contributed by atoms with Crippen molar-refractivity contribution < 1.29 is 19.5 Å². The second-order valence-corrected chi connectivity index (χ2v) is 4.24. The Morgan fingerprint density at radius 2 is 2.05 bits per heavy atom. The first-order chi connectivity index (χ1) is 8.80. The third-order valence-electron chi connectivity index (χ3n) is 2.88. The Labute approximate surface area is 109 Å². The monoisotopic (exact) mass is 265 g/mol. The summed E-state index contributed by atoms with van der Waals surface area (Å²) in [6.45, 7) is 3.23. The van der Waals surface area contributed by atoms with E-state index < -0.39 is 23.3 Å². The van der Waals surface area contributed by atoms with Gasteiger partial charge in [-0.25, -0.2) is 4.79 Å². The molecular weight excluding hydrogens is 250 g/mol. The maximum Gasteiger partial charge on any atom is 0.337 e. The van der Waals surface area contributed by atoms with Gasteiger partial charge in [0.25, 0.3) is 5.91 Å². The van der Waals surface area contributed by atoms with Crippen LogP contribution in [-0.4, -0.2) is 33.4 Å². The minimum absolute atomic E-state index is 0.0194. The molecule has 0 fully saturated rings. The molecule has 0 aliphatic rings. The highest BCUT2D eigenvalue weighted by molar-refractivity contribution is 5.98. The molecular formula is C12H15N3O4. The van der Waals surface area contributed by atoms with Crippen LogP contribution in [-0.2, 0) is 4.79 Å². The van der Waals surface area contributed by atoms with Gasteiger partial charge in [0.15, 0.2) is 0 Å². The molecule has 1 aromatic rings. The maximum absolute atomic E-state index is 11.9. The highest BCUT2D eigenvalue weighted by Gasteiger charge is 2.31. The lowest BCUT2D eigenvalue weighted by Gasteiger charge is -2.25. The van der Waals surface area contributed by atoms with E-state index in [4.69, 9.17) is 10.8 Å². The van der Waals surface area contributed by atoms with E-state index in [0.717, 1.165) is 6.20 Å². The van der Waals surface area contributed by atoms with Crippen molar-refractivity contribution in [3.05, 3.63) is 29.6 Å². The fourth-order valence-corrected chi connectivity index (χ4v) is 1.29. The molecule has 1 aromatic heterocycles. The van der Waals surface area contributed by atoms with E-state index >= 15 is 0 Å². The van der Waals surface area contributed by atoms with Gasteiger partial charge in [-0.15, -0.1) is 0 Å². The Bertz CT molecular complexity index is 512. The summed E-state index contributed by atoms with van der Waals surface area (Å²) < 4.78 is 0. The number of rotatable bonds is 5. The molecule has 0 saturated carbocycles. The van der Waals surface area contributed by atoms with Crippen molar-refractivity contribution in [2.75, 3.05) is 0 Å². The number of nitrogens with one attached hydrogen (secondary N) is 1. The average molecular weight is 265 g/mol. The lowest BCUT2D eigenvalue weighted by atomic mass is 9.98. The highest BCUT2D eigenvalue weighted by Crippen LogP contribution is 2.10. The van der Waals surface area contributed by atoms with Gasteiger partial charge < -0.3 is 16.2 Å². The number of carboxylic acid groups (broad SMARTS) is 1. The third-order valence-corrected chi connectivity index (χ3v) is 2.88. The number of carboxylic acids is 1. The summed E-state index contributed by atoms with van der Waals surface area (Å²) in [7, 11) is 0. The summed E-state index contributed by atoms with van der Waals surface area (Å²) >= 11 is 0. The lowest BCUT2D eigenvalue weighted by Crippen LogP contribution is -2.55. The maximum atomic E-state index is 11.9. The number of amides is 2. The van der Waals surface area contributed by atoms with Crippen LogP contribution >= 0.6 is 0 Å². The molecule has 0 bridgehead atoms. The van der Waals surface area contributed by atoms with Crippen molar-refractivity contribution in [3.8, 4) is 0 Å². The van der Waals surface area contributed by atoms with E-state index in [1.54, 1.807) is 6.92 Å². The fourth-order valence-electron chi connectivity index (χ4n) is 1.29. The fraction of sp³-hybridized carbons (Fsp3) is 0.333. The van der Waals surface area contributed by atoms with Crippen LogP contribution in [0.15, 0.2) is 18.3 Å². The molecule has 0 aliphatic heterocycles. The smallest absolute Gasteiger partial charge is 0.337 e. The van der Waals surface area contributed by atoms with Gasteiger partial charge in [0.05, 0.1) is 5.56 Å². The molecule has 1 atom stereocenters. The molecule has 7 nitrogen and oxygen atoms in total. The number of hydrogen-bond acceptors (Lipinski definition) is 4. The van der Waals surface area contributed by atoms with Crippen molar-refractivity contribution in [1.29, 1.82) is 0 Å². The molecule has 4 N–H and O–H groups in total. The van der Waals surface area contributed by atoms with E-state index in [-0.39, 0.29) is 11.3 Å². The van der Waals surface area contributed by atoms with Gasteiger partial charge in [-0.2, -0.15) is 0 Å². The van der Waals surface area contributed by atoms with E-state index in [2.05, 4.69) is 10.3 Å². The van der Waals surface area contributed by atoms with Crippen LogP contribution in [0.1, 0.15) is 41.1 Å². The summed E-state index contributed by atoms with van der Waals surface area (Å²) in [5.74, 6) is -2.36. The molecule has 1 unspecified atom stereocenters. The summed E-state index contributed by atoms with van der Waals surface area (Å²) in [5, 5.41) is 11.2. The number of nitrogens with zero attached hydrogens (tertiary/aromatic N) is 1. The Morgan fingerprint density at radius 1 is 1.42 bits per heavy atom. The SMILES string of the molecule is CCC(C)(NC(=O)c1ccc(C(=O)O)cn1)C(N)=O. The van der Waals surface area contributed by atoms with Gasteiger partial charge in [-0.1, -0.05) is 6.92 Å². The summed E-state index contributed by atoms with van der Waals surface area (Å²) in [5.41, 5.74) is 4.05. The largest absolute Gasteiger partial charge is 0.478 e. The molecule has 0 aromatic carbocycles. The van der Waals surface area contributed by atoms with Crippen LogP contribution in [0.25, 0.3) is 0 Å². The van der Waals surface area contributed by atoms with Crippen molar-refractivity contribution in [2.45, 2.75) is 25.8 Å². The van der Waals surface area contributed by atoms with Crippen LogP contribution < -0.4 is 11.1 Å². The first-order valence-electron chi connectivity index (χ1n) is 5.62. The molecule has 1 rings (SSSR count). The molecule has 7 heteroatoms. The van der Waals surface area contributed by atoms with Crippen molar-refractivity contribution >= 4 is 17.8 Å². The Hall–Kier alpha value is -2.44. The number of aromatic carboxylic acids is 1. The quantitative estimate of drug-likeness (QED) is 0.700. The third kappa shape index (κ3) is 3.27. The molecule has 0 aliphatic carbocycles. The Kier molecular flexibility index (Phi) is 4.21. The van der Waals surface area contributed by atoms with E-state index in [1.807, 2.05) is 0 Å². The first-order valence-corrected chi connectivity index (χ1v) is 5.62. The van der Waals surface area contributed by atoms with Gasteiger partial charge in [0.2, 0.25) is 5.91 Å². The molecule has 19 heavy (non-hydrogen) atoms. The van der Waals surface area contributed by atoms with Crippen LogP contribution in [0.4, 0.5) is 0 Å². The Morgan fingerprint density at radius 3 is 2.42 bits per heavy atom. The number of primary amides is 1.